The van der Waals surface area contributed by atoms with E-state index in [1.54, 1.807) is 12.1 Å². The van der Waals surface area contributed by atoms with E-state index in [9.17, 15) is 13.2 Å². The normalized spacial score (nSPS) is 13.2. The fourth-order valence-electron chi connectivity index (χ4n) is 2.02. The molecule has 2 N–H and O–H groups in total. The van der Waals surface area contributed by atoms with Crippen molar-refractivity contribution in [1.29, 1.82) is 0 Å². The van der Waals surface area contributed by atoms with Crippen LogP contribution in [-0.4, -0.2) is 24.0 Å². The van der Waals surface area contributed by atoms with Crippen LogP contribution in [0.15, 0.2) is 29.2 Å². The SMILES string of the molecule is CCC(CCCC(=O)O)c1ccc(S(=O)(=O)O)cc1. The number of rotatable bonds is 7. The molecule has 1 rings (SSSR count). The van der Waals surface area contributed by atoms with Gasteiger partial charge in [-0.05, 0) is 42.9 Å². The lowest BCUT2D eigenvalue weighted by Crippen LogP contribution is -2.02. The van der Waals surface area contributed by atoms with Gasteiger partial charge in [-0.3, -0.25) is 9.35 Å². The van der Waals surface area contributed by atoms with Crippen LogP contribution in [0, 0.1) is 0 Å². The number of benzene rings is 1. The highest BCUT2D eigenvalue weighted by Crippen LogP contribution is 2.26. The monoisotopic (exact) mass is 286 g/mol. The summed E-state index contributed by atoms with van der Waals surface area (Å²) in [6, 6.07) is 6.06. The van der Waals surface area contributed by atoms with Gasteiger partial charge < -0.3 is 5.11 Å². The van der Waals surface area contributed by atoms with Crippen LogP contribution in [-0.2, 0) is 14.9 Å². The van der Waals surface area contributed by atoms with E-state index in [2.05, 4.69) is 0 Å². The Morgan fingerprint density at radius 1 is 1.26 bits per heavy atom. The van der Waals surface area contributed by atoms with Crippen molar-refractivity contribution in [2.24, 2.45) is 0 Å². The second-order valence-electron chi connectivity index (χ2n) is 4.44. The van der Waals surface area contributed by atoms with Gasteiger partial charge in [-0.1, -0.05) is 19.1 Å². The second kappa shape index (κ2) is 6.68. The first-order valence-electron chi connectivity index (χ1n) is 6.13. The molecule has 0 saturated heterocycles. The van der Waals surface area contributed by atoms with Gasteiger partial charge in [0.1, 0.15) is 0 Å². The van der Waals surface area contributed by atoms with E-state index < -0.39 is 16.1 Å². The molecule has 1 aromatic rings. The Hall–Kier alpha value is -1.40. The Morgan fingerprint density at radius 2 is 1.84 bits per heavy atom. The maximum absolute atomic E-state index is 10.9. The van der Waals surface area contributed by atoms with Crippen LogP contribution in [0.5, 0.6) is 0 Å². The average molecular weight is 286 g/mol. The van der Waals surface area contributed by atoms with Crippen LogP contribution in [0.2, 0.25) is 0 Å². The first-order chi connectivity index (χ1) is 8.84. The molecule has 0 spiro atoms. The zero-order valence-electron chi connectivity index (χ0n) is 10.7. The lowest BCUT2D eigenvalue weighted by atomic mass is 9.91. The highest BCUT2D eigenvalue weighted by Gasteiger charge is 2.13. The summed E-state index contributed by atoms with van der Waals surface area (Å²) in [6.07, 6.45) is 2.33. The number of aliphatic carboxylic acids is 1. The Balaban J connectivity index is 2.74. The Kier molecular flexibility index (Phi) is 5.50. The zero-order valence-corrected chi connectivity index (χ0v) is 11.6. The van der Waals surface area contributed by atoms with Gasteiger partial charge in [-0.25, -0.2) is 0 Å². The molecule has 0 bridgehead atoms. The highest BCUT2D eigenvalue weighted by atomic mass is 32.2. The molecule has 1 unspecified atom stereocenters. The standard InChI is InChI=1S/C13H18O5S/c1-2-10(4-3-5-13(14)15)11-6-8-12(9-7-11)19(16,17)18/h6-10H,2-5H2,1H3,(H,14,15)(H,16,17,18). The molecular formula is C13H18O5S. The molecule has 0 aliphatic rings. The van der Waals surface area contributed by atoms with Crippen LogP contribution in [0.25, 0.3) is 0 Å². The minimum Gasteiger partial charge on any atom is -0.481 e. The van der Waals surface area contributed by atoms with E-state index in [-0.39, 0.29) is 17.2 Å². The van der Waals surface area contributed by atoms with Crippen molar-refractivity contribution in [3.8, 4) is 0 Å². The molecular weight excluding hydrogens is 268 g/mol. The van der Waals surface area contributed by atoms with Crippen molar-refractivity contribution in [2.45, 2.75) is 43.4 Å². The fraction of sp³-hybridized carbons (Fsp3) is 0.462. The van der Waals surface area contributed by atoms with Crippen LogP contribution in [0.4, 0.5) is 0 Å². The van der Waals surface area contributed by atoms with E-state index in [1.165, 1.54) is 12.1 Å². The van der Waals surface area contributed by atoms with Gasteiger partial charge in [-0.15, -0.1) is 0 Å². The van der Waals surface area contributed by atoms with Crippen LogP contribution in [0.3, 0.4) is 0 Å². The summed E-state index contributed by atoms with van der Waals surface area (Å²) in [5.41, 5.74) is 0.959. The molecule has 106 valence electrons. The van der Waals surface area contributed by atoms with Crippen LogP contribution in [0.1, 0.15) is 44.1 Å². The largest absolute Gasteiger partial charge is 0.481 e. The Bertz CT molecular complexity index is 518. The summed E-state index contributed by atoms with van der Waals surface area (Å²) in [4.78, 5) is 10.3. The van der Waals surface area contributed by atoms with Crippen LogP contribution >= 0.6 is 0 Å². The molecule has 0 aliphatic carbocycles. The van der Waals surface area contributed by atoms with E-state index in [4.69, 9.17) is 9.66 Å². The van der Waals surface area contributed by atoms with Gasteiger partial charge in [0.05, 0.1) is 4.90 Å². The lowest BCUT2D eigenvalue weighted by Gasteiger charge is -2.15. The van der Waals surface area contributed by atoms with E-state index in [0.29, 0.717) is 6.42 Å². The minimum absolute atomic E-state index is 0.128. The van der Waals surface area contributed by atoms with Gasteiger partial charge >= 0.3 is 5.97 Å². The smallest absolute Gasteiger partial charge is 0.303 e. The molecule has 5 nitrogen and oxygen atoms in total. The van der Waals surface area contributed by atoms with E-state index in [1.807, 2.05) is 6.92 Å². The van der Waals surface area contributed by atoms with Crippen molar-refractivity contribution in [3.05, 3.63) is 29.8 Å². The number of carboxylic acid groups (broad SMARTS) is 1. The highest BCUT2D eigenvalue weighted by molar-refractivity contribution is 7.85. The topological polar surface area (TPSA) is 91.7 Å². The van der Waals surface area contributed by atoms with Gasteiger partial charge in [0.15, 0.2) is 0 Å². The zero-order chi connectivity index (χ0) is 14.5. The van der Waals surface area contributed by atoms with Gasteiger partial charge in [-0.2, -0.15) is 8.42 Å². The summed E-state index contributed by atoms with van der Waals surface area (Å²) in [5.74, 6) is -0.605. The number of carboxylic acids is 1. The Labute approximate surface area is 113 Å². The predicted octanol–water partition coefficient (Wildman–Crippen LogP) is 2.68. The summed E-state index contributed by atoms with van der Waals surface area (Å²) in [6.45, 7) is 2.00. The third kappa shape index (κ3) is 5.00. The summed E-state index contributed by atoms with van der Waals surface area (Å²) in [7, 11) is -4.16. The van der Waals surface area contributed by atoms with Crippen molar-refractivity contribution >= 4 is 16.1 Å². The lowest BCUT2D eigenvalue weighted by molar-refractivity contribution is -0.137. The number of hydrogen-bond acceptors (Lipinski definition) is 3. The minimum atomic E-state index is -4.16. The molecule has 0 saturated carbocycles. The van der Waals surface area contributed by atoms with Crippen molar-refractivity contribution in [1.82, 2.24) is 0 Å². The fourth-order valence-corrected chi connectivity index (χ4v) is 2.50. The summed E-state index contributed by atoms with van der Waals surface area (Å²) < 4.78 is 30.7. The van der Waals surface area contributed by atoms with Gasteiger partial charge in [0.25, 0.3) is 10.1 Å². The van der Waals surface area contributed by atoms with Crippen LogP contribution < -0.4 is 0 Å². The molecule has 0 radical (unpaired) electrons. The van der Waals surface area contributed by atoms with Gasteiger partial charge in [0.2, 0.25) is 0 Å². The first kappa shape index (κ1) is 15.7. The molecule has 0 fully saturated rings. The summed E-state index contributed by atoms with van der Waals surface area (Å²) >= 11 is 0. The molecule has 0 heterocycles. The summed E-state index contributed by atoms with van der Waals surface area (Å²) in [5, 5.41) is 8.60. The molecule has 1 atom stereocenters. The third-order valence-electron chi connectivity index (χ3n) is 3.09. The maximum Gasteiger partial charge on any atom is 0.303 e. The van der Waals surface area contributed by atoms with Crippen molar-refractivity contribution in [2.75, 3.05) is 0 Å². The molecule has 19 heavy (non-hydrogen) atoms. The molecule has 1 aromatic carbocycles. The molecule has 0 aromatic heterocycles. The molecule has 6 heteroatoms. The van der Waals surface area contributed by atoms with Crippen molar-refractivity contribution < 1.29 is 22.9 Å². The predicted molar refractivity (Wildman–Crippen MR) is 70.8 cm³/mol. The first-order valence-corrected chi connectivity index (χ1v) is 7.58. The van der Waals surface area contributed by atoms with E-state index in [0.717, 1.165) is 18.4 Å². The van der Waals surface area contributed by atoms with E-state index >= 15 is 0 Å². The maximum atomic E-state index is 10.9. The number of carbonyl (C=O) groups is 1. The Morgan fingerprint density at radius 3 is 2.26 bits per heavy atom. The third-order valence-corrected chi connectivity index (χ3v) is 3.95. The number of hydrogen-bond donors (Lipinski definition) is 2. The molecule has 0 amide bonds. The second-order valence-corrected chi connectivity index (χ2v) is 5.86. The molecule has 0 aliphatic heterocycles. The average Bonchev–Trinajstić information content (AvgIpc) is 2.33. The van der Waals surface area contributed by atoms with Gasteiger partial charge in [0, 0.05) is 6.42 Å². The van der Waals surface area contributed by atoms with Crippen molar-refractivity contribution in [3.63, 3.8) is 0 Å². The quantitative estimate of drug-likeness (QED) is 0.752.